The Hall–Kier alpha value is -0.890. The summed E-state index contributed by atoms with van der Waals surface area (Å²) in [6, 6.07) is 0. The van der Waals surface area contributed by atoms with Crippen LogP contribution in [0.5, 0.6) is 0 Å². The molecule has 2 atom stereocenters. The van der Waals surface area contributed by atoms with E-state index in [0.29, 0.717) is 6.42 Å². The van der Waals surface area contributed by atoms with E-state index in [1.807, 2.05) is 6.92 Å². The number of hydrogen-bond acceptors (Lipinski definition) is 2. The van der Waals surface area contributed by atoms with Gasteiger partial charge >= 0.3 is 0 Å². The van der Waals surface area contributed by atoms with Crippen LogP contribution in [0.3, 0.4) is 0 Å². The molecule has 0 fully saturated rings. The number of aliphatic hydroxyl groups is 1. The summed E-state index contributed by atoms with van der Waals surface area (Å²) in [6.07, 6.45) is 4.87. The molecular weight excluding hydrogens is 152 g/mol. The Morgan fingerprint density at radius 1 is 1.67 bits per heavy atom. The molecule has 0 aliphatic heterocycles. The molecule has 0 spiro atoms. The molecule has 0 rings (SSSR count). The Bertz CT molecular complexity index is 182. The summed E-state index contributed by atoms with van der Waals surface area (Å²) >= 11 is 0. The fraction of sp³-hybridized carbons (Fsp3) is 0.500. The first-order chi connectivity index (χ1) is 5.63. The zero-order valence-corrected chi connectivity index (χ0v) is 7.66. The molecule has 0 heterocycles. The van der Waals surface area contributed by atoms with Crippen LogP contribution in [-0.4, -0.2) is 17.0 Å². The van der Waals surface area contributed by atoms with E-state index in [1.165, 1.54) is 6.92 Å². The molecule has 12 heavy (non-hydrogen) atoms. The van der Waals surface area contributed by atoms with Crippen LogP contribution in [0.4, 0.5) is 0 Å². The SMILES string of the molecule is C=CCC(C(C)=O)C(O)/C=C/C. The minimum absolute atomic E-state index is 0.000463. The second kappa shape index (κ2) is 5.72. The number of allylic oxidation sites excluding steroid dienone is 2. The van der Waals surface area contributed by atoms with E-state index in [4.69, 9.17) is 0 Å². The number of carbonyl (C=O) groups excluding carboxylic acids is 1. The number of carbonyl (C=O) groups is 1. The summed E-state index contributed by atoms with van der Waals surface area (Å²) < 4.78 is 0. The van der Waals surface area contributed by atoms with Crippen molar-refractivity contribution in [2.24, 2.45) is 5.92 Å². The minimum Gasteiger partial charge on any atom is -0.388 e. The summed E-state index contributed by atoms with van der Waals surface area (Å²) in [5.74, 6) is -0.334. The normalized spacial score (nSPS) is 15.9. The molecule has 0 saturated carbocycles. The molecule has 0 amide bonds. The van der Waals surface area contributed by atoms with Gasteiger partial charge in [-0.2, -0.15) is 0 Å². The molecule has 0 aromatic heterocycles. The number of ketones is 1. The van der Waals surface area contributed by atoms with E-state index in [9.17, 15) is 9.90 Å². The second-order valence-corrected chi connectivity index (χ2v) is 2.76. The highest BCUT2D eigenvalue weighted by atomic mass is 16.3. The Morgan fingerprint density at radius 2 is 2.25 bits per heavy atom. The van der Waals surface area contributed by atoms with Gasteiger partial charge < -0.3 is 5.11 Å². The number of rotatable bonds is 5. The summed E-state index contributed by atoms with van der Waals surface area (Å²) in [6.45, 7) is 6.84. The Morgan fingerprint density at radius 3 is 2.58 bits per heavy atom. The van der Waals surface area contributed by atoms with Crippen molar-refractivity contribution < 1.29 is 9.90 Å². The fourth-order valence-corrected chi connectivity index (χ4v) is 1.06. The topological polar surface area (TPSA) is 37.3 Å². The van der Waals surface area contributed by atoms with Crippen molar-refractivity contribution in [3.63, 3.8) is 0 Å². The quantitative estimate of drug-likeness (QED) is 0.634. The van der Waals surface area contributed by atoms with Gasteiger partial charge in [-0.15, -0.1) is 6.58 Å². The molecule has 0 aliphatic carbocycles. The highest BCUT2D eigenvalue weighted by molar-refractivity contribution is 5.79. The third-order valence-corrected chi connectivity index (χ3v) is 1.74. The van der Waals surface area contributed by atoms with Crippen LogP contribution >= 0.6 is 0 Å². The van der Waals surface area contributed by atoms with E-state index in [2.05, 4.69) is 6.58 Å². The van der Waals surface area contributed by atoms with Crippen molar-refractivity contribution >= 4 is 5.78 Å². The predicted molar refractivity (Wildman–Crippen MR) is 49.8 cm³/mol. The van der Waals surface area contributed by atoms with E-state index < -0.39 is 6.10 Å². The number of hydrogen-bond donors (Lipinski definition) is 1. The molecule has 0 bridgehead atoms. The molecule has 0 aromatic carbocycles. The lowest BCUT2D eigenvalue weighted by Gasteiger charge is -2.15. The first-order valence-corrected chi connectivity index (χ1v) is 4.05. The van der Waals surface area contributed by atoms with Crippen LogP contribution < -0.4 is 0 Å². The monoisotopic (exact) mass is 168 g/mol. The Kier molecular flexibility index (Phi) is 5.30. The standard InChI is InChI=1S/C10H16O2/c1-4-6-9(8(3)11)10(12)7-5-2/h4-5,7,9-10,12H,1,6H2,2-3H3/b7-5+. The van der Waals surface area contributed by atoms with Crippen LogP contribution in [0.15, 0.2) is 24.8 Å². The van der Waals surface area contributed by atoms with Crippen LogP contribution in [-0.2, 0) is 4.79 Å². The van der Waals surface area contributed by atoms with E-state index >= 15 is 0 Å². The third-order valence-electron chi connectivity index (χ3n) is 1.74. The van der Waals surface area contributed by atoms with E-state index in [-0.39, 0.29) is 11.7 Å². The number of aliphatic hydroxyl groups excluding tert-OH is 1. The minimum atomic E-state index is -0.675. The molecule has 2 nitrogen and oxygen atoms in total. The average molecular weight is 168 g/mol. The van der Waals surface area contributed by atoms with Gasteiger partial charge in [0.05, 0.1) is 12.0 Å². The second-order valence-electron chi connectivity index (χ2n) is 2.76. The Labute approximate surface area is 73.6 Å². The molecule has 2 unspecified atom stereocenters. The van der Waals surface area contributed by atoms with Gasteiger partial charge in [0.15, 0.2) is 0 Å². The van der Waals surface area contributed by atoms with Gasteiger partial charge in [-0.25, -0.2) is 0 Å². The van der Waals surface area contributed by atoms with Crippen molar-refractivity contribution in [1.82, 2.24) is 0 Å². The maximum absolute atomic E-state index is 11.0. The highest BCUT2D eigenvalue weighted by Crippen LogP contribution is 2.12. The highest BCUT2D eigenvalue weighted by Gasteiger charge is 2.19. The molecular formula is C10H16O2. The Balaban J connectivity index is 4.27. The van der Waals surface area contributed by atoms with Crippen molar-refractivity contribution in [2.45, 2.75) is 26.4 Å². The molecule has 68 valence electrons. The van der Waals surface area contributed by atoms with E-state index in [0.717, 1.165) is 0 Å². The predicted octanol–water partition coefficient (Wildman–Crippen LogP) is 1.70. The van der Waals surface area contributed by atoms with Crippen molar-refractivity contribution in [3.8, 4) is 0 Å². The summed E-state index contributed by atoms with van der Waals surface area (Å²) in [5, 5.41) is 9.46. The van der Waals surface area contributed by atoms with Gasteiger partial charge in [0.1, 0.15) is 5.78 Å². The van der Waals surface area contributed by atoms with Crippen LogP contribution in [0.2, 0.25) is 0 Å². The fourth-order valence-electron chi connectivity index (χ4n) is 1.06. The molecule has 1 N–H and O–H groups in total. The summed E-state index contributed by atoms with van der Waals surface area (Å²) in [4.78, 5) is 11.0. The molecule has 0 radical (unpaired) electrons. The molecule has 0 aliphatic rings. The van der Waals surface area contributed by atoms with Gasteiger partial charge in [-0.1, -0.05) is 18.2 Å². The first kappa shape index (κ1) is 11.1. The van der Waals surface area contributed by atoms with Crippen LogP contribution in [0.25, 0.3) is 0 Å². The van der Waals surface area contributed by atoms with Crippen LogP contribution in [0.1, 0.15) is 20.3 Å². The van der Waals surface area contributed by atoms with Gasteiger partial charge in [-0.05, 0) is 20.3 Å². The zero-order chi connectivity index (χ0) is 9.56. The lowest BCUT2D eigenvalue weighted by Crippen LogP contribution is -2.24. The van der Waals surface area contributed by atoms with Gasteiger partial charge in [0.2, 0.25) is 0 Å². The third kappa shape index (κ3) is 3.49. The maximum atomic E-state index is 11.0. The summed E-state index contributed by atoms with van der Waals surface area (Å²) in [7, 11) is 0. The average Bonchev–Trinajstić information content (AvgIpc) is 1.99. The van der Waals surface area contributed by atoms with Crippen molar-refractivity contribution in [3.05, 3.63) is 24.8 Å². The zero-order valence-electron chi connectivity index (χ0n) is 7.66. The number of Topliss-reactive ketones (excluding diaryl/α,β-unsaturated/α-hetero) is 1. The summed E-state index contributed by atoms with van der Waals surface area (Å²) in [5.41, 5.74) is 0. The lowest BCUT2D eigenvalue weighted by molar-refractivity contribution is -0.123. The molecule has 0 saturated heterocycles. The van der Waals surface area contributed by atoms with Crippen molar-refractivity contribution in [1.29, 1.82) is 0 Å². The smallest absolute Gasteiger partial charge is 0.136 e. The van der Waals surface area contributed by atoms with Crippen molar-refractivity contribution in [2.75, 3.05) is 0 Å². The molecule has 2 heteroatoms. The van der Waals surface area contributed by atoms with Gasteiger partial charge in [0.25, 0.3) is 0 Å². The van der Waals surface area contributed by atoms with Gasteiger partial charge in [-0.3, -0.25) is 4.79 Å². The lowest BCUT2D eigenvalue weighted by atomic mass is 9.94. The first-order valence-electron chi connectivity index (χ1n) is 4.05. The molecule has 0 aromatic rings. The van der Waals surface area contributed by atoms with Crippen LogP contribution in [0, 0.1) is 5.92 Å². The van der Waals surface area contributed by atoms with Gasteiger partial charge in [0, 0.05) is 0 Å². The maximum Gasteiger partial charge on any atom is 0.136 e. The largest absolute Gasteiger partial charge is 0.388 e. The van der Waals surface area contributed by atoms with E-state index in [1.54, 1.807) is 18.2 Å².